The summed E-state index contributed by atoms with van der Waals surface area (Å²) in [5.41, 5.74) is -0.498. The van der Waals surface area contributed by atoms with Crippen LogP contribution >= 0.6 is 0 Å². The van der Waals surface area contributed by atoms with Crippen molar-refractivity contribution in [2.75, 3.05) is 13.7 Å². The van der Waals surface area contributed by atoms with Crippen LogP contribution in [0.3, 0.4) is 0 Å². The van der Waals surface area contributed by atoms with Gasteiger partial charge in [0.1, 0.15) is 23.1 Å². The van der Waals surface area contributed by atoms with Crippen LogP contribution < -0.4 is 15.0 Å². The molecule has 0 aliphatic carbocycles. The molecule has 0 amide bonds. The molecule has 156 valence electrons. The molecule has 0 atom stereocenters. The van der Waals surface area contributed by atoms with E-state index >= 15 is 0 Å². The Morgan fingerprint density at radius 3 is 2.55 bits per heavy atom. The number of carbonyl (C=O) groups is 1. The van der Waals surface area contributed by atoms with Gasteiger partial charge in [-0.3, -0.25) is 4.79 Å². The quantitative estimate of drug-likeness (QED) is 0.627. The average Bonchev–Trinajstić information content (AvgIpc) is 2.78. The lowest BCUT2D eigenvalue weighted by Gasteiger charge is -2.10. The summed E-state index contributed by atoms with van der Waals surface area (Å²) in [6, 6.07) is 15.3. The third-order valence-electron chi connectivity index (χ3n) is 4.37. The number of aromatic nitrogens is 2. The number of hydrogen-bond acceptors (Lipinski definition) is 6. The van der Waals surface area contributed by atoms with E-state index in [4.69, 9.17) is 9.47 Å². The molecule has 8 heteroatoms. The standard InChI is InChI=1S/C23H19N3O5/c1-3-31-17-10-8-16(9-11-17)26-22(27)20(14-24)19(21(25-26)23(28)29)12-7-15-5-4-6-18(13-15)30-2/h4-13H,3H2,1-2H3,(H,28,29)/b12-7-. The highest BCUT2D eigenvalue weighted by Crippen LogP contribution is 2.19. The second kappa shape index (κ2) is 9.41. The second-order valence-electron chi connectivity index (χ2n) is 6.31. The van der Waals surface area contributed by atoms with Crippen LogP contribution in [0.15, 0.2) is 53.3 Å². The van der Waals surface area contributed by atoms with E-state index in [1.54, 1.807) is 54.6 Å². The highest BCUT2D eigenvalue weighted by Gasteiger charge is 2.21. The summed E-state index contributed by atoms with van der Waals surface area (Å²) in [5.74, 6) is -0.150. The minimum absolute atomic E-state index is 0.0648. The van der Waals surface area contributed by atoms with E-state index in [0.717, 1.165) is 4.68 Å². The van der Waals surface area contributed by atoms with Crippen LogP contribution in [0.2, 0.25) is 0 Å². The van der Waals surface area contributed by atoms with Gasteiger partial charge in [0.2, 0.25) is 0 Å². The maximum Gasteiger partial charge on any atom is 0.357 e. The van der Waals surface area contributed by atoms with Gasteiger partial charge in [0.25, 0.3) is 5.56 Å². The first kappa shape index (κ1) is 21.3. The molecule has 0 saturated carbocycles. The van der Waals surface area contributed by atoms with Gasteiger partial charge in [-0.25, -0.2) is 4.79 Å². The van der Waals surface area contributed by atoms with Crippen LogP contribution in [0, 0.1) is 11.3 Å². The molecule has 1 aromatic heterocycles. The Morgan fingerprint density at radius 2 is 1.94 bits per heavy atom. The first-order valence-corrected chi connectivity index (χ1v) is 9.34. The minimum atomic E-state index is -1.36. The lowest BCUT2D eigenvalue weighted by Crippen LogP contribution is -2.28. The van der Waals surface area contributed by atoms with E-state index in [1.807, 2.05) is 13.0 Å². The van der Waals surface area contributed by atoms with E-state index in [1.165, 1.54) is 13.2 Å². The molecule has 8 nitrogen and oxygen atoms in total. The molecule has 3 rings (SSSR count). The van der Waals surface area contributed by atoms with Crippen molar-refractivity contribution in [2.24, 2.45) is 0 Å². The van der Waals surface area contributed by atoms with Crippen LogP contribution in [0.1, 0.15) is 34.1 Å². The third-order valence-corrected chi connectivity index (χ3v) is 4.37. The van der Waals surface area contributed by atoms with Gasteiger partial charge in [-0.15, -0.1) is 0 Å². The minimum Gasteiger partial charge on any atom is -0.497 e. The van der Waals surface area contributed by atoms with Crippen LogP contribution in [0.4, 0.5) is 0 Å². The maximum atomic E-state index is 12.9. The zero-order chi connectivity index (χ0) is 22.4. The predicted octanol–water partition coefficient (Wildman–Crippen LogP) is 3.38. The van der Waals surface area contributed by atoms with E-state index in [2.05, 4.69) is 5.10 Å². The van der Waals surface area contributed by atoms with Crippen LogP contribution in [-0.2, 0) is 0 Å². The first-order valence-electron chi connectivity index (χ1n) is 9.34. The molecule has 0 fully saturated rings. The van der Waals surface area contributed by atoms with Crippen molar-refractivity contribution in [3.8, 4) is 23.3 Å². The first-order chi connectivity index (χ1) is 15.0. The van der Waals surface area contributed by atoms with Gasteiger partial charge in [-0.1, -0.05) is 24.3 Å². The molecule has 0 aliphatic heterocycles. The largest absolute Gasteiger partial charge is 0.497 e. The Bertz CT molecular complexity index is 1240. The van der Waals surface area contributed by atoms with Gasteiger partial charge in [-0.05, 0) is 48.9 Å². The van der Waals surface area contributed by atoms with Crippen LogP contribution in [-0.4, -0.2) is 34.6 Å². The fourth-order valence-corrected chi connectivity index (χ4v) is 2.92. The van der Waals surface area contributed by atoms with Crippen LogP contribution in [0.5, 0.6) is 11.5 Å². The number of carboxylic acid groups (broad SMARTS) is 1. The molecule has 1 N–H and O–H groups in total. The summed E-state index contributed by atoms with van der Waals surface area (Å²) in [4.78, 5) is 24.8. The van der Waals surface area contributed by atoms with Gasteiger partial charge >= 0.3 is 5.97 Å². The normalized spacial score (nSPS) is 10.6. The highest BCUT2D eigenvalue weighted by atomic mass is 16.5. The zero-order valence-corrected chi connectivity index (χ0v) is 16.9. The van der Waals surface area contributed by atoms with Crippen molar-refractivity contribution in [1.29, 1.82) is 5.26 Å². The highest BCUT2D eigenvalue weighted by molar-refractivity contribution is 5.92. The average molecular weight is 417 g/mol. The lowest BCUT2D eigenvalue weighted by molar-refractivity contribution is 0.0688. The Labute approximate surface area is 178 Å². The predicted molar refractivity (Wildman–Crippen MR) is 115 cm³/mol. The smallest absolute Gasteiger partial charge is 0.357 e. The summed E-state index contributed by atoms with van der Waals surface area (Å²) in [5, 5.41) is 23.3. The van der Waals surface area contributed by atoms with Crippen molar-refractivity contribution in [3.63, 3.8) is 0 Å². The number of nitrogens with zero attached hydrogens (tertiary/aromatic N) is 3. The van der Waals surface area contributed by atoms with Crippen LogP contribution in [0.25, 0.3) is 17.8 Å². The monoisotopic (exact) mass is 417 g/mol. The van der Waals surface area contributed by atoms with Gasteiger partial charge in [0.05, 0.1) is 19.4 Å². The van der Waals surface area contributed by atoms with Crippen molar-refractivity contribution in [3.05, 3.63) is 81.3 Å². The number of rotatable bonds is 7. The molecule has 0 unspecified atom stereocenters. The Balaban J connectivity index is 2.13. The molecule has 0 bridgehead atoms. The van der Waals surface area contributed by atoms with Gasteiger partial charge in [-0.2, -0.15) is 15.0 Å². The van der Waals surface area contributed by atoms with Crippen molar-refractivity contribution >= 4 is 18.1 Å². The van der Waals surface area contributed by atoms with Crippen molar-refractivity contribution in [2.45, 2.75) is 6.92 Å². The molecule has 3 aromatic rings. The number of ether oxygens (including phenoxy) is 2. The fraction of sp³-hybridized carbons (Fsp3) is 0.130. The molecule has 31 heavy (non-hydrogen) atoms. The van der Waals surface area contributed by atoms with E-state index in [9.17, 15) is 20.0 Å². The number of methoxy groups -OCH3 is 1. The Morgan fingerprint density at radius 1 is 1.19 bits per heavy atom. The van der Waals surface area contributed by atoms with Crippen molar-refractivity contribution in [1.82, 2.24) is 9.78 Å². The molecular formula is C23H19N3O5. The molecular weight excluding hydrogens is 398 g/mol. The maximum absolute atomic E-state index is 12.9. The summed E-state index contributed by atoms with van der Waals surface area (Å²) < 4.78 is 11.4. The number of hydrogen-bond donors (Lipinski definition) is 1. The Kier molecular flexibility index (Phi) is 6.48. The fourth-order valence-electron chi connectivity index (χ4n) is 2.92. The number of aromatic carboxylic acids is 1. The number of nitriles is 1. The molecule has 0 radical (unpaired) electrons. The second-order valence-corrected chi connectivity index (χ2v) is 6.31. The summed E-state index contributed by atoms with van der Waals surface area (Å²) in [6.07, 6.45) is 2.99. The molecule has 2 aromatic carbocycles. The molecule has 1 heterocycles. The van der Waals surface area contributed by atoms with Gasteiger partial charge in [0, 0.05) is 5.56 Å². The molecule has 0 spiro atoms. The summed E-state index contributed by atoms with van der Waals surface area (Å²) >= 11 is 0. The topological polar surface area (TPSA) is 114 Å². The number of carboxylic acids is 1. The lowest BCUT2D eigenvalue weighted by atomic mass is 10.1. The summed E-state index contributed by atoms with van der Waals surface area (Å²) in [7, 11) is 1.53. The zero-order valence-electron chi connectivity index (χ0n) is 16.9. The molecule has 0 saturated heterocycles. The Hall–Kier alpha value is -4.38. The van der Waals surface area contributed by atoms with E-state index in [0.29, 0.717) is 29.4 Å². The third kappa shape index (κ3) is 4.62. The van der Waals surface area contributed by atoms with E-state index in [-0.39, 0.29) is 11.1 Å². The van der Waals surface area contributed by atoms with Gasteiger partial charge < -0.3 is 14.6 Å². The molecule has 0 aliphatic rings. The summed E-state index contributed by atoms with van der Waals surface area (Å²) in [6.45, 7) is 2.32. The van der Waals surface area contributed by atoms with Gasteiger partial charge in [0.15, 0.2) is 5.69 Å². The van der Waals surface area contributed by atoms with Crippen molar-refractivity contribution < 1.29 is 19.4 Å². The van der Waals surface area contributed by atoms with E-state index < -0.39 is 17.2 Å². The number of benzene rings is 2. The SMILES string of the molecule is CCOc1ccc(-n2nc(C(=O)O)c(/C=C\c3cccc(OC)c3)c(C#N)c2=O)cc1.